The lowest BCUT2D eigenvalue weighted by molar-refractivity contribution is -0.123. The molecule has 1 N–H and O–H groups in total. The van der Waals surface area contributed by atoms with E-state index in [0.29, 0.717) is 18.7 Å². The molecule has 0 saturated carbocycles. The third-order valence-electron chi connectivity index (χ3n) is 2.97. The van der Waals surface area contributed by atoms with Crippen LogP contribution in [0.5, 0.6) is 0 Å². The highest BCUT2D eigenvalue weighted by molar-refractivity contribution is 9.10. The highest BCUT2D eigenvalue weighted by Crippen LogP contribution is 2.30. The van der Waals surface area contributed by atoms with Crippen LogP contribution >= 0.6 is 15.9 Å². The van der Waals surface area contributed by atoms with Crippen LogP contribution in [0.2, 0.25) is 0 Å². The van der Waals surface area contributed by atoms with Crippen molar-refractivity contribution in [3.63, 3.8) is 0 Å². The van der Waals surface area contributed by atoms with Gasteiger partial charge >= 0.3 is 0 Å². The first-order chi connectivity index (χ1) is 9.07. The zero-order chi connectivity index (χ0) is 14.3. The van der Waals surface area contributed by atoms with E-state index in [-0.39, 0.29) is 5.91 Å². The Morgan fingerprint density at radius 1 is 1.42 bits per heavy atom. The molecule has 0 unspecified atom stereocenters. The van der Waals surface area contributed by atoms with Gasteiger partial charge in [0, 0.05) is 10.7 Å². The van der Waals surface area contributed by atoms with Gasteiger partial charge in [-0.05, 0) is 40.9 Å². The van der Waals surface area contributed by atoms with Crippen LogP contribution in [-0.2, 0) is 4.79 Å². The Balaban J connectivity index is 2.88. The Hall–Kier alpha value is -1.41. The molecule has 0 saturated heterocycles. The lowest BCUT2D eigenvalue weighted by Gasteiger charge is -2.24. The predicted octanol–water partition coefficient (Wildman–Crippen LogP) is 3.89. The molecule has 0 fully saturated rings. The van der Waals surface area contributed by atoms with Gasteiger partial charge in [0.25, 0.3) is 0 Å². The molecule has 1 amide bonds. The number of anilines is 1. The number of nitrogens with one attached hydrogen (secondary N) is 1. The van der Waals surface area contributed by atoms with E-state index >= 15 is 0 Å². The van der Waals surface area contributed by atoms with Gasteiger partial charge in [0.2, 0.25) is 5.91 Å². The molecule has 102 valence electrons. The molecule has 0 aliphatic heterocycles. The van der Waals surface area contributed by atoms with Gasteiger partial charge in [-0.3, -0.25) is 4.79 Å². The summed E-state index contributed by atoms with van der Waals surface area (Å²) in [6.45, 7) is 3.96. The Morgan fingerprint density at radius 2 is 2.05 bits per heavy atom. The standard InChI is InChI=1S/C14H18BrN3O/c1-3-7-14(10-16,8-4-2)13(19)18-12-6-5-11(15)9-17-12/h5-6,9H,3-4,7-8H2,1-2H3,(H,17,18,19). The smallest absolute Gasteiger partial charge is 0.246 e. The molecule has 19 heavy (non-hydrogen) atoms. The van der Waals surface area contributed by atoms with Crippen molar-refractivity contribution in [1.29, 1.82) is 5.26 Å². The average Bonchev–Trinajstić information content (AvgIpc) is 2.41. The van der Waals surface area contributed by atoms with Gasteiger partial charge in [0.15, 0.2) is 0 Å². The zero-order valence-electron chi connectivity index (χ0n) is 11.2. The van der Waals surface area contributed by atoms with Crippen molar-refractivity contribution < 1.29 is 4.79 Å². The van der Waals surface area contributed by atoms with Gasteiger partial charge in [0.1, 0.15) is 11.2 Å². The fraction of sp³-hybridized carbons (Fsp3) is 0.500. The van der Waals surface area contributed by atoms with Gasteiger partial charge in [0.05, 0.1) is 6.07 Å². The molecule has 0 radical (unpaired) electrons. The first-order valence-electron chi connectivity index (χ1n) is 6.42. The summed E-state index contributed by atoms with van der Waals surface area (Å²) in [6.07, 6.45) is 4.35. The number of rotatable bonds is 6. The van der Waals surface area contributed by atoms with Crippen molar-refractivity contribution in [2.24, 2.45) is 5.41 Å². The Morgan fingerprint density at radius 3 is 2.47 bits per heavy atom. The molecule has 0 spiro atoms. The number of halogens is 1. The van der Waals surface area contributed by atoms with Crippen molar-refractivity contribution in [2.75, 3.05) is 5.32 Å². The summed E-state index contributed by atoms with van der Waals surface area (Å²) in [7, 11) is 0. The first kappa shape index (κ1) is 15.6. The van der Waals surface area contributed by atoms with E-state index in [9.17, 15) is 10.1 Å². The molecule has 5 heteroatoms. The lowest BCUT2D eigenvalue weighted by atomic mass is 9.80. The summed E-state index contributed by atoms with van der Waals surface area (Å²) < 4.78 is 0.846. The molecule has 1 rings (SSSR count). The SMILES string of the molecule is CCCC(C#N)(CCC)C(=O)Nc1ccc(Br)cn1. The number of carbonyl (C=O) groups excluding carboxylic acids is 1. The molecule has 1 aromatic rings. The largest absolute Gasteiger partial charge is 0.309 e. The van der Waals surface area contributed by atoms with Crippen molar-refractivity contribution in [2.45, 2.75) is 39.5 Å². The van der Waals surface area contributed by atoms with Crippen molar-refractivity contribution in [1.82, 2.24) is 4.98 Å². The fourth-order valence-corrected chi connectivity index (χ4v) is 2.29. The summed E-state index contributed by atoms with van der Waals surface area (Å²) in [5.41, 5.74) is -0.946. The van der Waals surface area contributed by atoms with E-state index in [4.69, 9.17) is 0 Å². The molecule has 0 atom stereocenters. The average molecular weight is 324 g/mol. The van der Waals surface area contributed by atoms with E-state index in [2.05, 4.69) is 32.3 Å². The van der Waals surface area contributed by atoms with Gasteiger partial charge < -0.3 is 5.32 Å². The maximum Gasteiger partial charge on any atom is 0.246 e. The minimum Gasteiger partial charge on any atom is -0.309 e. The number of carbonyl (C=O) groups is 1. The molecule has 0 aliphatic carbocycles. The minimum absolute atomic E-state index is 0.256. The highest BCUT2D eigenvalue weighted by Gasteiger charge is 2.37. The van der Waals surface area contributed by atoms with Crippen LogP contribution in [0.4, 0.5) is 5.82 Å². The maximum absolute atomic E-state index is 12.3. The van der Waals surface area contributed by atoms with Crippen LogP contribution in [0.1, 0.15) is 39.5 Å². The van der Waals surface area contributed by atoms with E-state index in [1.165, 1.54) is 0 Å². The molecule has 4 nitrogen and oxygen atoms in total. The molecular formula is C14H18BrN3O. The monoisotopic (exact) mass is 323 g/mol. The first-order valence-corrected chi connectivity index (χ1v) is 7.21. The Bertz CT molecular complexity index is 459. The fourth-order valence-electron chi connectivity index (χ4n) is 2.05. The van der Waals surface area contributed by atoms with Gasteiger partial charge in [-0.25, -0.2) is 4.98 Å². The van der Waals surface area contributed by atoms with Crippen molar-refractivity contribution >= 4 is 27.7 Å². The second-order valence-corrected chi connectivity index (χ2v) is 5.43. The van der Waals surface area contributed by atoms with Crippen LogP contribution in [0.15, 0.2) is 22.8 Å². The number of aromatic nitrogens is 1. The second-order valence-electron chi connectivity index (χ2n) is 4.51. The van der Waals surface area contributed by atoms with E-state index in [0.717, 1.165) is 17.3 Å². The number of nitriles is 1. The third-order valence-corrected chi connectivity index (χ3v) is 3.44. The third kappa shape index (κ3) is 4.03. The van der Waals surface area contributed by atoms with Crippen LogP contribution in [0.25, 0.3) is 0 Å². The number of pyridine rings is 1. The van der Waals surface area contributed by atoms with Gasteiger partial charge in [-0.2, -0.15) is 5.26 Å². The Labute approximate surface area is 122 Å². The van der Waals surface area contributed by atoms with Crippen molar-refractivity contribution in [3.05, 3.63) is 22.8 Å². The molecule has 1 heterocycles. The molecular weight excluding hydrogens is 306 g/mol. The molecule has 0 aromatic carbocycles. The zero-order valence-corrected chi connectivity index (χ0v) is 12.8. The maximum atomic E-state index is 12.3. The summed E-state index contributed by atoms with van der Waals surface area (Å²) in [5.74, 6) is 0.216. The van der Waals surface area contributed by atoms with Crippen molar-refractivity contribution in [3.8, 4) is 6.07 Å². The summed E-state index contributed by atoms with van der Waals surface area (Å²) in [5, 5.41) is 12.1. The summed E-state index contributed by atoms with van der Waals surface area (Å²) >= 11 is 3.29. The highest BCUT2D eigenvalue weighted by atomic mass is 79.9. The second kappa shape index (κ2) is 7.25. The predicted molar refractivity (Wildman–Crippen MR) is 78.4 cm³/mol. The Kier molecular flexibility index (Phi) is 5.97. The van der Waals surface area contributed by atoms with Crippen LogP contribution < -0.4 is 5.32 Å². The summed E-state index contributed by atoms with van der Waals surface area (Å²) in [4.78, 5) is 16.4. The quantitative estimate of drug-likeness (QED) is 0.863. The number of hydrogen-bond donors (Lipinski definition) is 1. The number of nitrogens with zero attached hydrogens (tertiary/aromatic N) is 2. The minimum atomic E-state index is -0.946. The van der Waals surface area contributed by atoms with Crippen LogP contribution in [0, 0.1) is 16.7 Å². The van der Waals surface area contributed by atoms with Crippen LogP contribution in [0.3, 0.4) is 0 Å². The molecule has 0 aliphatic rings. The topological polar surface area (TPSA) is 65.8 Å². The van der Waals surface area contributed by atoms with E-state index < -0.39 is 5.41 Å². The van der Waals surface area contributed by atoms with E-state index in [1.807, 2.05) is 13.8 Å². The number of hydrogen-bond acceptors (Lipinski definition) is 3. The van der Waals surface area contributed by atoms with Crippen LogP contribution in [-0.4, -0.2) is 10.9 Å². The summed E-state index contributed by atoms with van der Waals surface area (Å²) in [6, 6.07) is 5.71. The van der Waals surface area contributed by atoms with E-state index in [1.54, 1.807) is 18.3 Å². The number of amides is 1. The normalized spacial score (nSPS) is 10.8. The lowest BCUT2D eigenvalue weighted by Crippen LogP contribution is -2.35. The molecule has 1 aromatic heterocycles. The van der Waals surface area contributed by atoms with Gasteiger partial charge in [-0.15, -0.1) is 0 Å². The van der Waals surface area contributed by atoms with Gasteiger partial charge in [-0.1, -0.05) is 26.7 Å². The molecule has 0 bridgehead atoms.